The van der Waals surface area contributed by atoms with Gasteiger partial charge in [-0.15, -0.1) is 0 Å². The molecular formula is CH7O9P3Y. The van der Waals surface area contributed by atoms with Gasteiger partial charge in [-0.1, -0.05) is 0 Å². The molecule has 0 aliphatic carbocycles. The molecule has 0 amide bonds. The topological polar surface area (TPSA) is 162 Å². The van der Waals surface area contributed by atoms with E-state index in [2.05, 4.69) is 4.31 Å². The molecule has 0 spiro atoms. The number of hydrogen-bond acceptors (Lipinski definition) is 4. The molecule has 5 N–H and O–H groups in total. The Balaban J connectivity index is 0. The van der Waals surface area contributed by atoms with Gasteiger partial charge in [0.2, 0.25) is 0 Å². The predicted octanol–water partition coefficient (Wildman–Crippen LogP) is -0.586. The van der Waals surface area contributed by atoms with Gasteiger partial charge in [-0.25, -0.2) is 8.88 Å². The maximum absolute atomic E-state index is 10.6. The monoisotopic (exact) mass is 345 g/mol. The zero-order chi connectivity index (χ0) is 10.9. The van der Waals surface area contributed by atoms with Gasteiger partial charge in [-0.3, -0.25) is 9.13 Å². The minimum Gasteiger partial charge on any atom is -0.324 e. The average molecular weight is 345 g/mol. The van der Waals surface area contributed by atoms with Crippen LogP contribution in [0.5, 0.6) is 0 Å². The van der Waals surface area contributed by atoms with E-state index in [9.17, 15) is 13.7 Å². The van der Waals surface area contributed by atoms with E-state index in [1.807, 2.05) is 0 Å². The Morgan fingerprint density at radius 3 is 1.50 bits per heavy atom. The van der Waals surface area contributed by atoms with E-state index >= 15 is 0 Å². The molecule has 0 aliphatic rings. The molecule has 1 radical (unpaired) electrons. The van der Waals surface area contributed by atoms with Gasteiger partial charge in [0.15, 0.2) is 5.90 Å². The first-order valence-corrected chi connectivity index (χ1v) is 7.64. The van der Waals surface area contributed by atoms with Crippen molar-refractivity contribution in [2.24, 2.45) is 0 Å². The SMILES string of the molecule is O=P(O)(O)CP(=O)(O)OP(=O)(O)O.[Y]. The van der Waals surface area contributed by atoms with Crippen molar-refractivity contribution < 1.29 is 75.2 Å². The van der Waals surface area contributed by atoms with Crippen LogP contribution in [-0.4, -0.2) is 30.4 Å². The van der Waals surface area contributed by atoms with Gasteiger partial charge in [-0.05, 0) is 0 Å². The van der Waals surface area contributed by atoms with Crippen molar-refractivity contribution in [1.82, 2.24) is 0 Å². The quantitative estimate of drug-likeness (QED) is 0.419. The van der Waals surface area contributed by atoms with Crippen molar-refractivity contribution in [2.75, 3.05) is 5.90 Å². The molecule has 0 aliphatic heterocycles. The van der Waals surface area contributed by atoms with E-state index in [-0.39, 0.29) is 32.7 Å². The average Bonchev–Trinajstić information content (AvgIpc) is 1.43. The van der Waals surface area contributed by atoms with Crippen LogP contribution in [0.25, 0.3) is 0 Å². The molecule has 83 valence electrons. The zero-order valence-corrected chi connectivity index (χ0v) is 12.0. The third-order valence-corrected chi connectivity index (χ3v) is 5.37. The summed E-state index contributed by atoms with van der Waals surface area (Å²) in [5.74, 6) is -1.63. The summed E-state index contributed by atoms with van der Waals surface area (Å²) in [4.78, 5) is 41.0. The Morgan fingerprint density at radius 1 is 0.929 bits per heavy atom. The van der Waals surface area contributed by atoms with Crippen LogP contribution in [0.2, 0.25) is 0 Å². The Labute approximate surface area is 104 Å². The molecule has 14 heavy (non-hydrogen) atoms. The van der Waals surface area contributed by atoms with Gasteiger partial charge >= 0.3 is 23.0 Å². The summed E-state index contributed by atoms with van der Waals surface area (Å²) in [6, 6.07) is 0. The molecule has 1 unspecified atom stereocenters. The molecule has 0 rings (SSSR count). The molecule has 0 aromatic carbocycles. The number of rotatable bonds is 4. The van der Waals surface area contributed by atoms with Crippen molar-refractivity contribution in [3.05, 3.63) is 0 Å². The van der Waals surface area contributed by atoms with Crippen molar-refractivity contribution in [1.29, 1.82) is 0 Å². The van der Waals surface area contributed by atoms with Crippen LogP contribution in [0.3, 0.4) is 0 Å². The molecule has 0 fully saturated rings. The van der Waals surface area contributed by atoms with Crippen LogP contribution in [-0.2, 0) is 50.7 Å². The van der Waals surface area contributed by atoms with E-state index in [0.717, 1.165) is 0 Å². The van der Waals surface area contributed by atoms with Crippen LogP contribution in [0.15, 0.2) is 0 Å². The van der Waals surface area contributed by atoms with E-state index < -0.39 is 28.9 Å². The minimum absolute atomic E-state index is 0. The van der Waals surface area contributed by atoms with Crippen molar-refractivity contribution >= 4 is 23.0 Å². The van der Waals surface area contributed by atoms with E-state index in [0.29, 0.717) is 0 Å². The smallest absolute Gasteiger partial charge is 0.324 e. The van der Waals surface area contributed by atoms with Gasteiger partial charge in [0, 0.05) is 32.7 Å². The number of hydrogen-bond donors (Lipinski definition) is 5. The van der Waals surface area contributed by atoms with Gasteiger partial charge in [0.25, 0.3) is 0 Å². The Kier molecular flexibility index (Phi) is 7.37. The summed E-state index contributed by atoms with van der Waals surface area (Å²) in [6.07, 6.45) is 0. The largest absolute Gasteiger partial charge is 0.476 e. The molecule has 0 saturated carbocycles. The maximum atomic E-state index is 10.6. The summed E-state index contributed by atoms with van der Waals surface area (Å²) < 4.78 is 34.1. The normalized spacial score (nSPS) is 16.9. The summed E-state index contributed by atoms with van der Waals surface area (Å²) in [5.41, 5.74) is 0. The van der Waals surface area contributed by atoms with Crippen LogP contribution in [0.4, 0.5) is 0 Å². The molecular weight excluding hydrogens is 338 g/mol. The number of phosphoric acid groups is 1. The van der Waals surface area contributed by atoms with Gasteiger partial charge in [-0.2, -0.15) is 0 Å². The predicted molar refractivity (Wildman–Crippen MR) is 39.9 cm³/mol. The first-order valence-electron chi connectivity index (χ1n) is 2.55. The van der Waals surface area contributed by atoms with Crippen LogP contribution in [0.1, 0.15) is 0 Å². The van der Waals surface area contributed by atoms with Crippen molar-refractivity contribution in [3.63, 3.8) is 0 Å². The fraction of sp³-hybridized carbons (Fsp3) is 1.00. The standard InChI is InChI=1S/CH7O9P3.Y/c2-11(3,4)1-12(5,6)10-13(7,8)9;/h1H2,(H,5,6)(H2,2,3,4)(H2,7,8,9);. The molecule has 0 bridgehead atoms. The van der Waals surface area contributed by atoms with Crippen LogP contribution < -0.4 is 0 Å². The second kappa shape index (κ2) is 5.76. The maximum Gasteiger partial charge on any atom is 0.476 e. The first-order chi connectivity index (χ1) is 5.41. The molecule has 1 atom stereocenters. The van der Waals surface area contributed by atoms with Gasteiger partial charge in [0.05, 0.1) is 0 Å². The second-order valence-corrected chi connectivity index (χ2v) is 7.39. The fourth-order valence-electron chi connectivity index (χ4n) is 0.425. The summed E-state index contributed by atoms with van der Waals surface area (Å²) >= 11 is 0. The summed E-state index contributed by atoms with van der Waals surface area (Å²) in [5, 5.41) is 0. The minimum atomic E-state index is -5.23. The van der Waals surface area contributed by atoms with Gasteiger partial charge in [0.1, 0.15) is 0 Å². The zero-order valence-electron chi connectivity index (χ0n) is 6.50. The Morgan fingerprint density at radius 2 is 1.29 bits per heavy atom. The molecule has 0 heterocycles. The van der Waals surface area contributed by atoms with E-state index in [1.54, 1.807) is 0 Å². The third-order valence-electron chi connectivity index (χ3n) is 0.597. The molecule has 0 aromatic heterocycles. The second-order valence-electron chi connectivity index (χ2n) is 2.02. The van der Waals surface area contributed by atoms with Crippen LogP contribution >= 0.6 is 23.0 Å². The Hall–Kier alpha value is 1.55. The van der Waals surface area contributed by atoms with Crippen molar-refractivity contribution in [3.8, 4) is 0 Å². The summed E-state index contributed by atoms with van der Waals surface area (Å²) in [7, 11) is -15.0. The van der Waals surface area contributed by atoms with E-state index in [1.165, 1.54) is 0 Å². The van der Waals surface area contributed by atoms with Crippen LogP contribution in [0, 0.1) is 0 Å². The van der Waals surface area contributed by atoms with E-state index in [4.69, 9.17) is 24.5 Å². The first kappa shape index (κ1) is 17.9. The van der Waals surface area contributed by atoms with Crippen molar-refractivity contribution in [2.45, 2.75) is 0 Å². The van der Waals surface area contributed by atoms with Gasteiger partial charge < -0.3 is 24.5 Å². The molecule has 0 aromatic rings. The fourth-order valence-corrected chi connectivity index (χ4v) is 4.29. The molecule has 0 saturated heterocycles. The third kappa shape index (κ3) is 11.6. The summed E-state index contributed by atoms with van der Waals surface area (Å²) in [6.45, 7) is 0. The molecule has 9 nitrogen and oxygen atoms in total. The molecule has 13 heteroatoms. The Bertz CT molecular complexity index is 282.